The van der Waals surface area contributed by atoms with E-state index in [-0.39, 0.29) is 43.2 Å². The molecule has 7 heteroatoms. The van der Waals surface area contributed by atoms with Gasteiger partial charge in [0.25, 0.3) is 0 Å². The second-order valence-electron chi connectivity index (χ2n) is 9.52. The predicted octanol–water partition coefficient (Wildman–Crippen LogP) is 4.95. The first kappa shape index (κ1) is 26.3. The maximum atomic E-state index is 12.5. The van der Waals surface area contributed by atoms with Gasteiger partial charge in [0.1, 0.15) is 12.6 Å². The predicted molar refractivity (Wildman–Crippen MR) is 135 cm³/mol. The average molecular weight is 481 g/mol. The van der Waals surface area contributed by atoms with E-state index in [1.165, 1.54) is 11.1 Å². The molecule has 0 bridgehead atoms. The number of ether oxygens (including phenoxy) is 1. The minimum absolute atomic E-state index is 0.0177. The summed E-state index contributed by atoms with van der Waals surface area (Å²) in [4.78, 5) is 36.4. The van der Waals surface area contributed by atoms with Crippen LogP contribution in [0.2, 0.25) is 0 Å². The van der Waals surface area contributed by atoms with Crippen LogP contribution in [0.5, 0.6) is 0 Å². The molecule has 0 saturated carbocycles. The molecule has 0 aliphatic heterocycles. The molecule has 0 heterocycles. The van der Waals surface area contributed by atoms with Crippen molar-refractivity contribution in [3.05, 3.63) is 59.7 Å². The number of rotatable bonds is 12. The second kappa shape index (κ2) is 12.4. The van der Waals surface area contributed by atoms with Crippen LogP contribution >= 0.6 is 0 Å². The third kappa shape index (κ3) is 6.84. The van der Waals surface area contributed by atoms with Crippen molar-refractivity contribution in [3.63, 3.8) is 0 Å². The molecule has 1 unspecified atom stereocenters. The van der Waals surface area contributed by atoms with Gasteiger partial charge in [0.15, 0.2) is 0 Å². The molecule has 0 aromatic heterocycles. The summed E-state index contributed by atoms with van der Waals surface area (Å²) in [5.74, 6) is -1.38. The van der Waals surface area contributed by atoms with Gasteiger partial charge in [-0.25, -0.2) is 9.59 Å². The van der Waals surface area contributed by atoms with E-state index in [0.717, 1.165) is 24.0 Å². The van der Waals surface area contributed by atoms with Crippen molar-refractivity contribution in [2.45, 2.75) is 58.4 Å². The van der Waals surface area contributed by atoms with E-state index < -0.39 is 18.1 Å². The fourth-order valence-electron chi connectivity index (χ4n) is 4.56. The molecule has 3 rings (SSSR count). The Morgan fingerprint density at radius 1 is 1.00 bits per heavy atom. The molecule has 0 fully saturated rings. The van der Waals surface area contributed by atoms with E-state index in [1.807, 2.05) is 45.0 Å². The lowest BCUT2D eigenvalue weighted by molar-refractivity contribution is -0.142. The first-order valence-corrected chi connectivity index (χ1v) is 12.4. The fraction of sp³-hybridized carbons (Fsp3) is 0.464. The number of nitrogens with one attached hydrogen (secondary N) is 2. The Morgan fingerprint density at radius 2 is 1.60 bits per heavy atom. The highest BCUT2D eigenvalue weighted by molar-refractivity contribution is 5.83. The Morgan fingerprint density at radius 3 is 2.14 bits per heavy atom. The fourth-order valence-corrected chi connectivity index (χ4v) is 4.56. The third-order valence-corrected chi connectivity index (χ3v) is 6.72. The number of fused-ring (bicyclic) bond motifs is 3. The number of alkyl carbamates (subject to hydrolysis) is 1. The molecule has 7 nitrogen and oxygen atoms in total. The maximum absolute atomic E-state index is 12.5. The molecule has 2 amide bonds. The van der Waals surface area contributed by atoms with Crippen molar-refractivity contribution in [3.8, 4) is 11.1 Å². The maximum Gasteiger partial charge on any atom is 0.407 e. The molecule has 2 aromatic rings. The molecule has 35 heavy (non-hydrogen) atoms. The van der Waals surface area contributed by atoms with Gasteiger partial charge in [-0.1, -0.05) is 82.1 Å². The summed E-state index contributed by atoms with van der Waals surface area (Å²) in [7, 11) is 0. The Balaban J connectivity index is 1.52. The van der Waals surface area contributed by atoms with Crippen molar-refractivity contribution in [1.82, 2.24) is 10.6 Å². The number of hydrogen-bond acceptors (Lipinski definition) is 4. The normalized spacial score (nSPS) is 14.1. The van der Waals surface area contributed by atoms with Crippen LogP contribution in [0.15, 0.2) is 48.5 Å². The van der Waals surface area contributed by atoms with Gasteiger partial charge >= 0.3 is 12.1 Å². The lowest BCUT2D eigenvalue weighted by atomic mass is 9.92. The number of aliphatic carboxylic acids is 1. The Bertz CT molecular complexity index is 990. The van der Waals surface area contributed by atoms with Crippen LogP contribution in [0.1, 0.15) is 63.5 Å². The number of benzene rings is 2. The van der Waals surface area contributed by atoms with Crippen molar-refractivity contribution in [2.75, 3.05) is 13.2 Å². The highest BCUT2D eigenvalue weighted by atomic mass is 16.5. The zero-order valence-electron chi connectivity index (χ0n) is 20.8. The standard InChI is InChI=1S/C28H36N2O5/c1-4-5-14-25(27(32)33)30-26(31)15-19(18(2)3)16-29-28(34)35-17-24-22-12-8-6-10-20(22)21-11-7-9-13-23(21)24/h6-13,18-19,24-25H,4-5,14-17H2,1-3H3,(H,29,34)(H,30,31)(H,32,33)/t19?,25-/m0/s1. The van der Waals surface area contributed by atoms with E-state index in [4.69, 9.17) is 4.74 Å². The Hall–Kier alpha value is -3.35. The number of amides is 2. The molecule has 1 aliphatic carbocycles. The summed E-state index contributed by atoms with van der Waals surface area (Å²) in [5, 5.41) is 14.8. The molecule has 2 aromatic carbocycles. The highest BCUT2D eigenvalue weighted by Gasteiger charge is 2.29. The van der Waals surface area contributed by atoms with Crippen LogP contribution in [0, 0.1) is 11.8 Å². The van der Waals surface area contributed by atoms with Gasteiger partial charge < -0.3 is 20.5 Å². The molecule has 1 aliphatic rings. The lowest BCUT2D eigenvalue weighted by Gasteiger charge is -2.22. The smallest absolute Gasteiger partial charge is 0.407 e. The quantitative estimate of drug-likeness (QED) is 0.399. The first-order valence-electron chi connectivity index (χ1n) is 12.4. The van der Waals surface area contributed by atoms with Gasteiger partial charge in [-0.2, -0.15) is 0 Å². The van der Waals surface area contributed by atoms with Crippen molar-refractivity contribution in [1.29, 1.82) is 0 Å². The van der Waals surface area contributed by atoms with Crippen LogP contribution in [0.4, 0.5) is 4.79 Å². The van der Waals surface area contributed by atoms with Gasteiger partial charge in [-0.05, 0) is 40.5 Å². The molecule has 3 N–H and O–H groups in total. The number of unbranched alkanes of at least 4 members (excludes halogenated alkanes) is 1. The number of carbonyl (C=O) groups excluding carboxylic acids is 2. The molecular weight excluding hydrogens is 444 g/mol. The van der Waals surface area contributed by atoms with Crippen LogP contribution in [0.3, 0.4) is 0 Å². The molecule has 2 atom stereocenters. The summed E-state index contributed by atoms with van der Waals surface area (Å²) in [6.07, 6.45) is 1.61. The van der Waals surface area contributed by atoms with Gasteiger partial charge in [0, 0.05) is 18.9 Å². The number of carbonyl (C=O) groups is 3. The van der Waals surface area contributed by atoms with E-state index in [0.29, 0.717) is 6.42 Å². The number of hydrogen-bond donors (Lipinski definition) is 3. The van der Waals surface area contributed by atoms with E-state index in [1.54, 1.807) is 0 Å². The monoisotopic (exact) mass is 480 g/mol. The van der Waals surface area contributed by atoms with Gasteiger partial charge in [0.05, 0.1) is 0 Å². The van der Waals surface area contributed by atoms with Crippen LogP contribution < -0.4 is 10.6 Å². The summed E-state index contributed by atoms with van der Waals surface area (Å²) in [5.41, 5.74) is 4.63. The largest absolute Gasteiger partial charge is 0.480 e. The molecular formula is C28H36N2O5. The Kier molecular flexibility index (Phi) is 9.29. The topological polar surface area (TPSA) is 105 Å². The zero-order chi connectivity index (χ0) is 25.4. The van der Waals surface area contributed by atoms with Gasteiger partial charge in [-0.3, -0.25) is 4.79 Å². The van der Waals surface area contributed by atoms with Gasteiger partial charge in [-0.15, -0.1) is 0 Å². The minimum atomic E-state index is -1.02. The molecule has 188 valence electrons. The third-order valence-electron chi connectivity index (χ3n) is 6.72. The average Bonchev–Trinajstić information content (AvgIpc) is 3.16. The van der Waals surface area contributed by atoms with E-state index in [9.17, 15) is 19.5 Å². The Labute approximate surface area is 207 Å². The highest BCUT2D eigenvalue weighted by Crippen LogP contribution is 2.44. The van der Waals surface area contributed by atoms with E-state index >= 15 is 0 Å². The SMILES string of the molecule is CCCC[C@H](NC(=O)CC(CNC(=O)OCC1c2ccccc2-c2ccccc21)C(C)C)C(=O)O. The zero-order valence-corrected chi connectivity index (χ0v) is 20.8. The van der Waals surface area contributed by atoms with Crippen LogP contribution in [-0.4, -0.2) is 42.3 Å². The summed E-state index contributed by atoms with van der Waals surface area (Å²) in [6.45, 7) is 6.43. The second-order valence-corrected chi connectivity index (χ2v) is 9.52. The van der Waals surface area contributed by atoms with Crippen LogP contribution in [-0.2, 0) is 14.3 Å². The van der Waals surface area contributed by atoms with Crippen LogP contribution in [0.25, 0.3) is 11.1 Å². The van der Waals surface area contributed by atoms with Crippen molar-refractivity contribution in [2.24, 2.45) is 11.8 Å². The summed E-state index contributed by atoms with van der Waals surface area (Å²) < 4.78 is 5.59. The first-order chi connectivity index (χ1) is 16.8. The molecule has 0 saturated heterocycles. The molecule has 0 radical (unpaired) electrons. The molecule has 0 spiro atoms. The number of carboxylic acid groups (broad SMARTS) is 1. The lowest BCUT2D eigenvalue weighted by Crippen LogP contribution is -2.43. The van der Waals surface area contributed by atoms with E-state index in [2.05, 4.69) is 34.9 Å². The van der Waals surface area contributed by atoms with Gasteiger partial charge in [0.2, 0.25) is 5.91 Å². The minimum Gasteiger partial charge on any atom is -0.480 e. The number of carboxylic acids is 1. The van der Waals surface area contributed by atoms with Crippen molar-refractivity contribution < 1.29 is 24.2 Å². The summed E-state index contributed by atoms with van der Waals surface area (Å²) >= 11 is 0. The van der Waals surface area contributed by atoms with Crippen molar-refractivity contribution >= 4 is 18.0 Å². The summed E-state index contributed by atoms with van der Waals surface area (Å²) in [6, 6.07) is 15.4.